The van der Waals surface area contributed by atoms with Crippen molar-refractivity contribution in [3.8, 4) is 5.75 Å². The van der Waals surface area contributed by atoms with Crippen molar-refractivity contribution >= 4 is 28.8 Å². The zero-order chi connectivity index (χ0) is 20.1. The number of rotatable bonds is 8. The second-order valence-electron chi connectivity index (χ2n) is 6.30. The summed E-state index contributed by atoms with van der Waals surface area (Å²) >= 11 is 7.47. The minimum absolute atomic E-state index is 0.0905. The number of thiophene rings is 1. The van der Waals surface area contributed by atoms with Crippen molar-refractivity contribution < 1.29 is 14.1 Å². The molecular weight excluding hydrogens is 396 g/mol. The minimum Gasteiger partial charge on any atom is -0.489 e. The number of hydrogen-bond donors (Lipinski definition) is 0. The molecule has 0 saturated heterocycles. The van der Waals surface area contributed by atoms with Crippen molar-refractivity contribution in [3.63, 3.8) is 0 Å². The molecule has 7 heteroatoms. The van der Waals surface area contributed by atoms with Gasteiger partial charge in [-0.3, -0.25) is 4.79 Å². The molecule has 0 aliphatic rings. The molecule has 0 unspecified atom stereocenters. The highest BCUT2D eigenvalue weighted by atomic mass is 35.5. The molecule has 0 N–H and O–H groups in total. The number of aryl methyl sites for hydroxylation is 2. The van der Waals surface area contributed by atoms with E-state index in [4.69, 9.17) is 20.9 Å². The second kappa shape index (κ2) is 9.08. The quantitative estimate of drug-likeness (QED) is 0.460. The van der Waals surface area contributed by atoms with Gasteiger partial charge in [0.25, 0.3) is 5.91 Å². The van der Waals surface area contributed by atoms with Crippen LogP contribution >= 0.6 is 22.9 Å². The third kappa shape index (κ3) is 4.82. The Morgan fingerprint density at radius 2 is 2.18 bits per heavy atom. The van der Waals surface area contributed by atoms with Crippen molar-refractivity contribution in [1.29, 1.82) is 0 Å². The summed E-state index contributed by atoms with van der Waals surface area (Å²) in [6.07, 6.45) is 1.71. The maximum absolute atomic E-state index is 13.0. The summed E-state index contributed by atoms with van der Waals surface area (Å²) in [5, 5.41) is 3.93. The number of hydrogen-bond acceptors (Lipinski definition) is 5. The minimum atomic E-state index is -0.0905. The molecule has 1 aromatic carbocycles. The van der Waals surface area contributed by atoms with E-state index in [0.29, 0.717) is 35.3 Å². The predicted molar refractivity (Wildman–Crippen MR) is 111 cm³/mol. The number of amides is 1. The van der Waals surface area contributed by atoms with Crippen LogP contribution in [0.4, 0.5) is 0 Å². The molecule has 0 fully saturated rings. The normalized spacial score (nSPS) is 10.7. The molecule has 28 heavy (non-hydrogen) atoms. The lowest BCUT2D eigenvalue weighted by molar-refractivity contribution is 0.0763. The van der Waals surface area contributed by atoms with Crippen molar-refractivity contribution in [3.05, 3.63) is 80.8 Å². The number of halogens is 1. The Morgan fingerprint density at radius 1 is 1.36 bits per heavy atom. The highest BCUT2D eigenvalue weighted by Gasteiger charge is 2.17. The molecule has 146 valence electrons. The first-order chi connectivity index (χ1) is 13.5. The maximum atomic E-state index is 13.0. The van der Waals surface area contributed by atoms with Gasteiger partial charge in [-0.05, 0) is 44.2 Å². The number of nitrogens with zero attached hydrogens (tertiary/aromatic N) is 2. The number of carbonyl (C=O) groups excluding carboxylic acids is 1. The fraction of sp³-hybridized carbons (Fsp3) is 0.238. The first kappa shape index (κ1) is 20.2. The van der Waals surface area contributed by atoms with Crippen LogP contribution in [0.15, 0.2) is 53.6 Å². The largest absolute Gasteiger partial charge is 0.489 e. The molecule has 0 bridgehead atoms. The van der Waals surface area contributed by atoms with Gasteiger partial charge in [0.15, 0.2) is 0 Å². The average molecular weight is 417 g/mol. The Hall–Kier alpha value is -2.57. The molecule has 0 atom stereocenters. The van der Waals surface area contributed by atoms with Crippen molar-refractivity contribution in [1.82, 2.24) is 10.1 Å². The molecule has 0 saturated carbocycles. The van der Waals surface area contributed by atoms with E-state index in [1.54, 1.807) is 23.1 Å². The van der Waals surface area contributed by atoms with E-state index in [1.807, 2.05) is 38.1 Å². The van der Waals surface area contributed by atoms with E-state index in [1.165, 1.54) is 11.3 Å². The Bertz CT molecular complexity index is 960. The molecule has 2 aromatic heterocycles. The first-order valence-corrected chi connectivity index (χ1v) is 9.96. The van der Waals surface area contributed by atoms with Crippen molar-refractivity contribution in [2.24, 2.45) is 0 Å². The average Bonchev–Trinajstić information content (AvgIpc) is 3.24. The first-order valence-electron chi connectivity index (χ1n) is 8.77. The van der Waals surface area contributed by atoms with Gasteiger partial charge in [0.05, 0.1) is 22.1 Å². The summed E-state index contributed by atoms with van der Waals surface area (Å²) in [6.45, 7) is 8.74. The van der Waals surface area contributed by atoms with Gasteiger partial charge >= 0.3 is 0 Å². The summed E-state index contributed by atoms with van der Waals surface area (Å²) in [5.41, 5.74) is 2.27. The van der Waals surface area contributed by atoms with Crippen molar-refractivity contribution in [2.75, 3.05) is 6.54 Å². The van der Waals surface area contributed by atoms with Crippen LogP contribution in [0.1, 0.15) is 32.3 Å². The Balaban J connectivity index is 1.73. The van der Waals surface area contributed by atoms with E-state index in [-0.39, 0.29) is 5.91 Å². The molecular formula is C21H21ClN2O3S. The Kier molecular flexibility index (Phi) is 6.54. The van der Waals surface area contributed by atoms with Crippen LogP contribution in [0.5, 0.6) is 5.75 Å². The van der Waals surface area contributed by atoms with Gasteiger partial charge in [-0.2, -0.15) is 0 Å². The van der Waals surface area contributed by atoms with Crippen LogP contribution in [0.2, 0.25) is 4.34 Å². The molecule has 0 aliphatic carbocycles. The van der Waals surface area contributed by atoms with Crippen molar-refractivity contribution in [2.45, 2.75) is 27.0 Å². The van der Waals surface area contributed by atoms with Crippen LogP contribution in [0.3, 0.4) is 0 Å². The third-order valence-corrected chi connectivity index (χ3v) is 5.47. The van der Waals surface area contributed by atoms with Gasteiger partial charge in [0, 0.05) is 17.0 Å². The van der Waals surface area contributed by atoms with Crippen LogP contribution in [-0.2, 0) is 13.2 Å². The smallest absolute Gasteiger partial charge is 0.254 e. The molecule has 0 spiro atoms. The van der Waals surface area contributed by atoms with Crippen LogP contribution in [0, 0.1) is 13.8 Å². The summed E-state index contributed by atoms with van der Waals surface area (Å²) in [7, 11) is 0. The van der Waals surface area contributed by atoms with Gasteiger partial charge in [-0.25, -0.2) is 0 Å². The van der Waals surface area contributed by atoms with Gasteiger partial charge in [-0.1, -0.05) is 28.9 Å². The summed E-state index contributed by atoms with van der Waals surface area (Å²) < 4.78 is 11.7. The highest BCUT2D eigenvalue weighted by Crippen LogP contribution is 2.24. The van der Waals surface area contributed by atoms with E-state index in [0.717, 1.165) is 21.9 Å². The SMILES string of the molecule is C=CCN(Cc1ccc(Cl)s1)C(=O)c1cccc(OCc2c(C)noc2C)c1. The summed E-state index contributed by atoms with van der Waals surface area (Å²) in [4.78, 5) is 15.8. The van der Waals surface area contributed by atoms with Gasteiger partial charge in [0.1, 0.15) is 18.1 Å². The molecule has 1 amide bonds. The monoisotopic (exact) mass is 416 g/mol. The van der Waals surface area contributed by atoms with Crippen LogP contribution < -0.4 is 4.74 Å². The zero-order valence-corrected chi connectivity index (χ0v) is 17.3. The standard InChI is InChI=1S/C21H21ClN2O3S/c1-4-10-24(12-18-8-9-20(22)28-18)21(25)16-6-5-7-17(11-16)26-13-19-14(2)23-27-15(19)3/h4-9,11H,1,10,12-13H2,2-3H3. The number of benzene rings is 1. The number of aromatic nitrogens is 1. The van der Waals surface area contributed by atoms with Gasteiger partial charge < -0.3 is 14.2 Å². The van der Waals surface area contributed by atoms with Gasteiger partial charge in [-0.15, -0.1) is 17.9 Å². The Morgan fingerprint density at radius 3 is 2.82 bits per heavy atom. The fourth-order valence-electron chi connectivity index (χ4n) is 2.76. The zero-order valence-electron chi connectivity index (χ0n) is 15.8. The van der Waals surface area contributed by atoms with Gasteiger partial charge in [0.2, 0.25) is 0 Å². The maximum Gasteiger partial charge on any atom is 0.254 e. The fourth-order valence-corrected chi connectivity index (χ4v) is 3.87. The highest BCUT2D eigenvalue weighted by molar-refractivity contribution is 7.16. The number of ether oxygens (including phenoxy) is 1. The molecule has 3 aromatic rings. The van der Waals surface area contributed by atoms with E-state index >= 15 is 0 Å². The Labute approximate surface area is 173 Å². The van der Waals surface area contributed by atoms with E-state index in [2.05, 4.69) is 11.7 Å². The topological polar surface area (TPSA) is 55.6 Å². The number of carbonyl (C=O) groups is 1. The lowest BCUT2D eigenvalue weighted by Crippen LogP contribution is -2.30. The lowest BCUT2D eigenvalue weighted by atomic mass is 10.1. The third-order valence-electron chi connectivity index (χ3n) is 4.26. The molecule has 0 radical (unpaired) electrons. The van der Waals surface area contributed by atoms with E-state index < -0.39 is 0 Å². The summed E-state index contributed by atoms with van der Waals surface area (Å²) in [6, 6.07) is 10.9. The molecule has 2 heterocycles. The molecule has 0 aliphatic heterocycles. The second-order valence-corrected chi connectivity index (χ2v) is 8.10. The van der Waals surface area contributed by atoms with Crippen LogP contribution in [-0.4, -0.2) is 22.5 Å². The molecule has 5 nitrogen and oxygen atoms in total. The lowest BCUT2D eigenvalue weighted by Gasteiger charge is -2.21. The molecule has 3 rings (SSSR count). The predicted octanol–water partition coefficient (Wildman–Crippen LogP) is 5.41. The van der Waals surface area contributed by atoms with Crippen LogP contribution in [0.25, 0.3) is 0 Å². The summed E-state index contributed by atoms with van der Waals surface area (Å²) in [5.74, 6) is 1.26. The van der Waals surface area contributed by atoms with E-state index in [9.17, 15) is 4.79 Å².